The van der Waals surface area contributed by atoms with Gasteiger partial charge in [0.25, 0.3) is 0 Å². The molecule has 102 valence electrons. The van der Waals surface area contributed by atoms with Crippen molar-refractivity contribution in [2.24, 2.45) is 5.14 Å². The maximum Gasteiger partial charge on any atom is 0.355 e. The summed E-state index contributed by atoms with van der Waals surface area (Å²) in [6.45, 7) is 0. The number of nitrogens with two attached hydrogens (primary N) is 1. The molecule has 0 aliphatic heterocycles. The average Bonchev–Trinajstić information content (AvgIpc) is 2.74. The molecular formula is C10H9IN2O4S2. The Kier molecular flexibility index (Phi) is 4.08. The fourth-order valence-electron chi connectivity index (χ4n) is 1.75. The van der Waals surface area contributed by atoms with Crippen molar-refractivity contribution in [3.63, 3.8) is 0 Å². The third-order valence-corrected chi connectivity index (χ3v) is 5.21. The van der Waals surface area contributed by atoms with Gasteiger partial charge in [-0.25, -0.2) is 18.4 Å². The van der Waals surface area contributed by atoms with Crippen LogP contribution in [-0.4, -0.2) is 25.5 Å². The van der Waals surface area contributed by atoms with Crippen LogP contribution in [0.2, 0.25) is 0 Å². The summed E-state index contributed by atoms with van der Waals surface area (Å²) >= 11 is 2.00. The standard InChI is InChI=1S/C10H9IN2O4S2/c1-17-10(14)8-5-6-7(13(8)18-11)3-2-4-9(6)19(12,15)16/h2-5H,1H3,(H2,12,15,16). The Bertz CT molecular complexity index is 754. The zero-order valence-electron chi connectivity index (χ0n) is 9.66. The molecule has 9 heteroatoms. The predicted octanol–water partition coefficient (Wildman–Crippen LogP) is 1.92. The first kappa shape index (κ1) is 14.6. The second-order valence-corrected chi connectivity index (χ2v) is 6.83. The van der Waals surface area contributed by atoms with Crippen molar-refractivity contribution >= 4 is 57.2 Å². The lowest BCUT2D eigenvalue weighted by Crippen LogP contribution is -2.12. The van der Waals surface area contributed by atoms with Crippen molar-refractivity contribution in [1.29, 1.82) is 0 Å². The Morgan fingerprint density at radius 3 is 2.68 bits per heavy atom. The van der Waals surface area contributed by atoms with Gasteiger partial charge in [-0.3, -0.25) is 3.97 Å². The normalized spacial score (nSPS) is 11.7. The molecule has 2 aromatic rings. The topological polar surface area (TPSA) is 91.4 Å². The van der Waals surface area contributed by atoms with Crippen LogP contribution < -0.4 is 5.14 Å². The maximum atomic E-state index is 11.7. The van der Waals surface area contributed by atoms with Crippen LogP contribution in [0.5, 0.6) is 0 Å². The predicted molar refractivity (Wildman–Crippen MR) is 81.7 cm³/mol. The van der Waals surface area contributed by atoms with E-state index >= 15 is 0 Å². The molecule has 0 amide bonds. The van der Waals surface area contributed by atoms with E-state index in [1.54, 1.807) is 16.1 Å². The molecular weight excluding hydrogens is 403 g/mol. The summed E-state index contributed by atoms with van der Waals surface area (Å²) in [5, 5.41) is 5.57. The van der Waals surface area contributed by atoms with E-state index in [4.69, 9.17) is 5.14 Å². The fraction of sp³-hybridized carbons (Fsp3) is 0.100. The summed E-state index contributed by atoms with van der Waals surface area (Å²) in [6, 6.07) is 6.15. The number of carbonyl (C=O) groups is 1. The van der Waals surface area contributed by atoms with Crippen LogP contribution in [0.4, 0.5) is 0 Å². The molecule has 2 N–H and O–H groups in total. The molecule has 2 rings (SSSR count). The number of nitrogens with zero attached hydrogens (tertiary/aromatic N) is 1. The second-order valence-electron chi connectivity index (χ2n) is 3.62. The van der Waals surface area contributed by atoms with Crippen molar-refractivity contribution in [3.8, 4) is 0 Å². The molecule has 0 aliphatic carbocycles. The highest BCUT2D eigenvalue weighted by Gasteiger charge is 2.21. The molecule has 0 aliphatic rings. The first-order valence-corrected chi connectivity index (χ1v) is 9.81. The minimum Gasteiger partial charge on any atom is -0.464 e. The number of hydrogen-bond acceptors (Lipinski definition) is 5. The number of esters is 1. The number of hydrogen-bond donors (Lipinski definition) is 1. The van der Waals surface area contributed by atoms with Gasteiger partial charge in [-0.1, -0.05) is 6.07 Å². The van der Waals surface area contributed by atoms with Gasteiger partial charge >= 0.3 is 5.97 Å². The first-order chi connectivity index (χ1) is 8.90. The van der Waals surface area contributed by atoms with Gasteiger partial charge in [-0.15, -0.1) is 0 Å². The Labute approximate surface area is 126 Å². The smallest absolute Gasteiger partial charge is 0.355 e. The molecule has 0 atom stereocenters. The van der Waals surface area contributed by atoms with Gasteiger partial charge in [0.1, 0.15) is 5.69 Å². The molecule has 0 bridgehead atoms. The number of primary sulfonamides is 1. The summed E-state index contributed by atoms with van der Waals surface area (Å²) in [6.07, 6.45) is 0. The Balaban J connectivity index is 2.87. The summed E-state index contributed by atoms with van der Waals surface area (Å²) < 4.78 is 29.3. The number of methoxy groups -OCH3 is 1. The van der Waals surface area contributed by atoms with Crippen LogP contribution in [0.15, 0.2) is 29.2 Å². The van der Waals surface area contributed by atoms with E-state index in [9.17, 15) is 13.2 Å². The van der Waals surface area contributed by atoms with E-state index < -0.39 is 16.0 Å². The van der Waals surface area contributed by atoms with Crippen LogP contribution in [0.3, 0.4) is 0 Å². The van der Waals surface area contributed by atoms with Crippen LogP contribution >= 0.6 is 30.3 Å². The summed E-state index contributed by atoms with van der Waals surface area (Å²) in [5.74, 6) is -0.541. The Morgan fingerprint density at radius 2 is 2.16 bits per heavy atom. The van der Waals surface area contributed by atoms with Crippen LogP contribution in [0.1, 0.15) is 10.5 Å². The third kappa shape index (κ3) is 2.59. The Morgan fingerprint density at radius 1 is 1.47 bits per heavy atom. The third-order valence-electron chi connectivity index (χ3n) is 2.53. The van der Waals surface area contributed by atoms with Crippen LogP contribution in [-0.2, 0) is 14.8 Å². The second kappa shape index (κ2) is 5.31. The number of fused-ring (bicyclic) bond motifs is 1. The lowest BCUT2D eigenvalue weighted by atomic mass is 10.2. The van der Waals surface area contributed by atoms with Gasteiger partial charge in [-0.05, 0) is 18.2 Å². The number of rotatable bonds is 3. The van der Waals surface area contributed by atoms with E-state index in [1.165, 1.54) is 28.4 Å². The van der Waals surface area contributed by atoms with Gasteiger partial charge in [0.15, 0.2) is 0 Å². The zero-order chi connectivity index (χ0) is 14.2. The van der Waals surface area contributed by atoms with Gasteiger partial charge in [0.05, 0.1) is 17.5 Å². The molecule has 0 saturated heterocycles. The maximum absolute atomic E-state index is 11.7. The molecule has 1 aromatic heterocycles. The molecule has 0 spiro atoms. The highest BCUT2D eigenvalue weighted by atomic mass is 127. The van der Waals surface area contributed by atoms with Crippen molar-refractivity contribution in [2.75, 3.05) is 7.11 Å². The van der Waals surface area contributed by atoms with Crippen molar-refractivity contribution < 1.29 is 17.9 Å². The van der Waals surface area contributed by atoms with Crippen molar-refractivity contribution in [1.82, 2.24) is 3.97 Å². The van der Waals surface area contributed by atoms with E-state index in [1.807, 2.05) is 21.2 Å². The summed E-state index contributed by atoms with van der Waals surface area (Å²) in [5.41, 5.74) is 0.847. The van der Waals surface area contributed by atoms with Crippen LogP contribution in [0.25, 0.3) is 10.9 Å². The van der Waals surface area contributed by atoms with E-state index in [0.717, 1.165) is 0 Å². The molecule has 0 unspecified atom stereocenters. The van der Waals surface area contributed by atoms with Gasteiger partial charge in [0, 0.05) is 35.7 Å². The van der Waals surface area contributed by atoms with Crippen molar-refractivity contribution in [2.45, 2.75) is 4.90 Å². The minimum absolute atomic E-state index is 0.0145. The number of carbonyl (C=O) groups excluding carboxylic acids is 1. The van der Waals surface area contributed by atoms with Crippen molar-refractivity contribution in [3.05, 3.63) is 30.0 Å². The lowest BCUT2D eigenvalue weighted by Gasteiger charge is -2.04. The SMILES string of the molecule is COC(=O)c1cc2c(S(N)(=O)=O)cccc2n1SI. The number of sulfonamides is 1. The average molecular weight is 412 g/mol. The van der Waals surface area contributed by atoms with Gasteiger partial charge in [-0.2, -0.15) is 0 Å². The number of benzene rings is 1. The number of aromatic nitrogens is 1. The first-order valence-electron chi connectivity index (χ1n) is 4.95. The summed E-state index contributed by atoms with van der Waals surface area (Å²) in [4.78, 5) is 11.7. The largest absolute Gasteiger partial charge is 0.464 e. The molecule has 0 saturated carbocycles. The number of ether oxygens (including phenoxy) is 1. The quantitative estimate of drug-likeness (QED) is 0.615. The highest BCUT2D eigenvalue weighted by molar-refractivity contribution is 14.2. The minimum atomic E-state index is -3.85. The molecule has 6 nitrogen and oxygen atoms in total. The Hall–Kier alpha value is -0.780. The highest BCUT2D eigenvalue weighted by Crippen LogP contribution is 2.32. The lowest BCUT2D eigenvalue weighted by molar-refractivity contribution is 0.0594. The molecule has 1 aromatic carbocycles. The summed E-state index contributed by atoms with van der Waals surface area (Å²) in [7, 11) is -1.34. The van der Waals surface area contributed by atoms with Crippen LogP contribution in [0, 0.1) is 0 Å². The van der Waals surface area contributed by atoms with E-state index in [0.29, 0.717) is 10.9 Å². The monoisotopic (exact) mass is 412 g/mol. The fourth-order valence-corrected chi connectivity index (χ4v) is 4.20. The molecule has 0 radical (unpaired) electrons. The molecule has 19 heavy (non-hydrogen) atoms. The number of halogens is 1. The molecule has 0 fully saturated rings. The van der Waals surface area contributed by atoms with Gasteiger partial charge < -0.3 is 4.74 Å². The molecule has 1 heterocycles. The van der Waals surface area contributed by atoms with E-state index in [-0.39, 0.29) is 10.6 Å². The van der Waals surface area contributed by atoms with Gasteiger partial charge in [0.2, 0.25) is 10.0 Å². The van der Waals surface area contributed by atoms with E-state index in [2.05, 4.69) is 4.74 Å². The zero-order valence-corrected chi connectivity index (χ0v) is 13.5.